The molecular formula is C20H26N2O. The van der Waals surface area contributed by atoms with Crippen LogP contribution in [0.4, 0.5) is 0 Å². The van der Waals surface area contributed by atoms with Gasteiger partial charge in [-0.25, -0.2) is 0 Å². The third-order valence-electron chi connectivity index (χ3n) is 5.99. The second kappa shape index (κ2) is 5.40. The SMILES string of the molecule is CCC[C@H]1CC[C@]2(C)c3[nH]c4ccccc4c3CCCN2C1=O. The average molecular weight is 310 g/mol. The van der Waals surface area contributed by atoms with Crippen molar-refractivity contribution in [1.29, 1.82) is 0 Å². The maximum atomic E-state index is 13.0. The predicted molar refractivity (Wildman–Crippen MR) is 93.3 cm³/mol. The van der Waals surface area contributed by atoms with E-state index < -0.39 is 0 Å². The summed E-state index contributed by atoms with van der Waals surface area (Å²) in [7, 11) is 0. The molecule has 4 rings (SSSR count). The molecule has 1 N–H and O–H groups in total. The number of H-pyrrole nitrogens is 1. The lowest BCUT2D eigenvalue weighted by molar-refractivity contribution is -0.148. The van der Waals surface area contributed by atoms with Gasteiger partial charge in [-0.2, -0.15) is 0 Å². The standard InChI is InChI=1S/C20H26N2O/c1-3-7-14-11-12-20(2)18-16(9-6-13-22(20)19(14)23)15-8-4-5-10-17(15)21-18/h4-5,8,10,14,21H,3,6-7,9,11-13H2,1-2H3/t14-,20+/m0/s1. The zero-order valence-corrected chi connectivity index (χ0v) is 14.2. The van der Waals surface area contributed by atoms with Gasteiger partial charge in [0.15, 0.2) is 0 Å². The first-order valence-corrected chi connectivity index (χ1v) is 9.06. The van der Waals surface area contributed by atoms with Gasteiger partial charge in [-0.15, -0.1) is 0 Å². The molecule has 1 aromatic heterocycles. The quantitative estimate of drug-likeness (QED) is 0.878. The number of aryl methyl sites for hydroxylation is 1. The van der Waals surface area contributed by atoms with Crippen LogP contribution in [0.3, 0.4) is 0 Å². The van der Waals surface area contributed by atoms with E-state index in [-0.39, 0.29) is 11.5 Å². The Labute approximate surface area is 138 Å². The van der Waals surface area contributed by atoms with Crippen molar-refractivity contribution in [3.8, 4) is 0 Å². The van der Waals surface area contributed by atoms with E-state index in [9.17, 15) is 4.79 Å². The van der Waals surface area contributed by atoms with Crippen LogP contribution < -0.4 is 0 Å². The van der Waals surface area contributed by atoms with E-state index >= 15 is 0 Å². The first-order valence-electron chi connectivity index (χ1n) is 9.06. The van der Waals surface area contributed by atoms with E-state index in [4.69, 9.17) is 0 Å². The van der Waals surface area contributed by atoms with Crippen molar-refractivity contribution in [2.45, 2.75) is 57.9 Å². The summed E-state index contributed by atoms with van der Waals surface area (Å²) in [5.41, 5.74) is 3.78. The largest absolute Gasteiger partial charge is 0.356 e. The van der Waals surface area contributed by atoms with Crippen molar-refractivity contribution in [1.82, 2.24) is 9.88 Å². The van der Waals surface area contributed by atoms with Gasteiger partial charge < -0.3 is 9.88 Å². The van der Waals surface area contributed by atoms with Crippen molar-refractivity contribution < 1.29 is 4.79 Å². The Hall–Kier alpha value is -1.77. The van der Waals surface area contributed by atoms with Crippen LogP contribution in [0.1, 0.15) is 57.2 Å². The van der Waals surface area contributed by atoms with Crippen LogP contribution in [0, 0.1) is 5.92 Å². The summed E-state index contributed by atoms with van der Waals surface area (Å²) in [6, 6.07) is 8.57. The normalized spacial score (nSPS) is 27.7. The van der Waals surface area contributed by atoms with E-state index in [2.05, 4.69) is 48.0 Å². The molecule has 2 aliphatic heterocycles. The first-order chi connectivity index (χ1) is 11.1. The molecule has 0 spiro atoms. The molecule has 1 amide bonds. The molecule has 0 saturated carbocycles. The number of piperidine rings is 1. The summed E-state index contributed by atoms with van der Waals surface area (Å²) in [5, 5.41) is 1.34. The van der Waals surface area contributed by atoms with Gasteiger partial charge in [0.05, 0.1) is 5.54 Å². The van der Waals surface area contributed by atoms with Gasteiger partial charge >= 0.3 is 0 Å². The number of aromatic nitrogens is 1. The summed E-state index contributed by atoms with van der Waals surface area (Å²) < 4.78 is 0. The highest BCUT2D eigenvalue weighted by molar-refractivity contribution is 5.86. The predicted octanol–water partition coefficient (Wildman–Crippen LogP) is 4.37. The van der Waals surface area contributed by atoms with Gasteiger partial charge in [0, 0.05) is 29.1 Å². The van der Waals surface area contributed by atoms with E-state index in [1.54, 1.807) is 0 Å². The van der Waals surface area contributed by atoms with Gasteiger partial charge in [-0.3, -0.25) is 4.79 Å². The molecule has 23 heavy (non-hydrogen) atoms. The third-order valence-corrected chi connectivity index (χ3v) is 5.99. The molecule has 0 aliphatic carbocycles. The van der Waals surface area contributed by atoms with Crippen molar-refractivity contribution >= 4 is 16.8 Å². The summed E-state index contributed by atoms with van der Waals surface area (Å²) in [6.45, 7) is 5.35. The molecule has 1 saturated heterocycles. The molecule has 3 heterocycles. The van der Waals surface area contributed by atoms with Crippen LogP contribution in [0.15, 0.2) is 24.3 Å². The molecular weight excluding hydrogens is 284 g/mol. The maximum Gasteiger partial charge on any atom is 0.226 e. The Bertz CT molecular complexity index is 747. The van der Waals surface area contributed by atoms with Crippen molar-refractivity contribution in [3.63, 3.8) is 0 Å². The molecule has 3 heteroatoms. The highest BCUT2D eigenvalue weighted by Gasteiger charge is 2.46. The van der Waals surface area contributed by atoms with Crippen LogP contribution in [0.2, 0.25) is 0 Å². The number of para-hydroxylation sites is 1. The number of aromatic amines is 1. The summed E-state index contributed by atoms with van der Waals surface area (Å²) >= 11 is 0. The highest BCUT2D eigenvalue weighted by atomic mass is 16.2. The number of hydrogen-bond acceptors (Lipinski definition) is 1. The van der Waals surface area contributed by atoms with E-state index in [0.717, 1.165) is 45.1 Å². The number of hydrogen-bond donors (Lipinski definition) is 1. The molecule has 0 bridgehead atoms. The van der Waals surface area contributed by atoms with Crippen LogP contribution in [0.25, 0.3) is 10.9 Å². The van der Waals surface area contributed by atoms with Gasteiger partial charge in [-0.1, -0.05) is 31.5 Å². The Morgan fingerprint density at radius 3 is 3.00 bits per heavy atom. The summed E-state index contributed by atoms with van der Waals surface area (Å²) in [5.74, 6) is 0.617. The lowest BCUT2D eigenvalue weighted by atomic mass is 9.78. The van der Waals surface area contributed by atoms with Crippen molar-refractivity contribution in [2.24, 2.45) is 5.92 Å². The summed E-state index contributed by atoms with van der Waals surface area (Å²) in [4.78, 5) is 18.9. The Kier molecular flexibility index (Phi) is 3.47. The number of amides is 1. The van der Waals surface area contributed by atoms with Crippen LogP contribution in [0.5, 0.6) is 0 Å². The fraction of sp³-hybridized carbons (Fsp3) is 0.550. The second-order valence-corrected chi connectivity index (χ2v) is 7.42. The van der Waals surface area contributed by atoms with E-state index in [0.29, 0.717) is 5.91 Å². The molecule has 2 aliphatic rings. The second-order valence-electron chi connectivity index (χ2n) is 7.42. The maximum absolute atomic E-state index is 13.0. The Balaban J connectivity index is 1.82. The lowest BCUT2D eigenvalue weighted by Crippen LogP contribution is -2.53. The molecule has 1 aromatic carbocycles. The van der Waals surface area contributed by atoms with E-state index in [1.807, 2.05) is 0 Å². The fourth-order valence-electron chi connectivity index (χ4n) is 4.74. The fourth-order valence-corrected chi connectivity index (χ4v) is 4.74. The minimum atomic E-state index is -0.161. The molecule has 1 fully saturated rings. The van der Waals surface area contributed by atoms with Gasteiger partial charge in [0.1, 0.15) is 0 Å². The number of nitrogens with zero attached hydrogens (tertiary/aromatic N) is 1. The summed E-state index contributed by atoms with van der Waals surface area (Å²) in [6.07, 6.45) is 6.35. The Morgan fingerprint density at radius 2 is 2.17 bits per heavy atom. The zero-order valence-electron chi connectivity index (χ0n) is 14.2. The molecule has 0 unspecified atom stereocenters. The van der Waals surface area contributed by atoms with Crippen LogP contribution in [-0.2, 0) is 16.8 Å². The lowest BCUT2D eigenvalue weighted by Gasteiger charge is -2.46. The smallest absolute Gasteiger partial charge is 0.226 e. The van der Waals surface area contributed by atoms with Gasteiger partial charge in [0.25, 0.3) is 0 Å². The number of rotatable bonds is 2. The third kappa shape index (κ3) is 2.13. The van der Waals surface area contributed by atoms with Gasteiger partial charge in [0.2, 0.25) is 5.91 Å². The monoisotopic (exact) mass is 310 g/mol. The average Bonchev–Trinajstić information content (AvgIpc) is 2.86. The van der Waals surface area contributed by atoms with Crippen LogP contribution in [-0.4, -0.2) is 22.3 Å². The molecule has 3 nitrogen and oxygen atoms in total. The number of carbonyl (C=O) groups excluding carboxylic acids is 1. The Morgan fingerprint density at radius 1 is 1.35 bits per heavy atom. The van der Waals surface area contributed by atoms with Crippen molar-refractivity contribution in [3.05, 3.63) is 35.5 Å². The molecule has 2 aromatic rings. The number of benzene rings is 1. The number of nitrogens with one attached hydrogen (secondary N) is 1. The molecule has 0 radical (unpaired) electrons. The number of carbonyl (C=O) groups is 1. The topological polar surface area (TPSA) is 36.1 Å². The minimum absolute atomic E-state index is 0.161. The molecule has 122 valence electrons. The van der Waals surface area contributed by atoms with Gasteiger partial charge in [-0.05, 0) is 50.7 Å². The minimum Gasteiger partial charge on any atom is -0.356 e. The van der Waals surface area contributed by atoms with E-state index in [1.165, 1.54) is 22.2 Å². The number of fused-ring (bicyclic) bond motifs is 5. The zero-order chi connectivity index (χ0) is 16.0. The first kappa shape index (κ1) is 14.8. The molecule has 2 atom stereocenters. The van der Waals surface area contributed by atoms with Crippen molar-refractivity contribution in [2.75, 3.05) is 6.54 Å². The highest BCUT2D eigenvalue weighted by Crippen LogP contribution is 2.45. The van der Waals surface area contributed by atoms with Crippen LogP contribution >= 0.6 is 0 Å².